The van der Waals surface area contributed by atoms with Crippen molar-refractivity contribution in [1.29, 1.82) is 0 Å². The van der Waals surface area contributed by atoms with Crippen molar-refractivity contribution < 1.29 is 29.2 Å². The van der Waals surface area contributed by atoms with Crippen molar-refractivity contribution in [2.75, 3.05) is 24.6 Å². The Kier molecular flexibility index (Phi) is 4.74. The first-order chi connectivity index (χ1) is 12.4. The minimum Gasteiger partial charge on any atom is -0.482 e. The van der Waals surface area contributed by atoms with Crippen molar-refractivity contribution in [2.45, 2.75) is 25.3 Å². The van der Waals surface area contributed by atoms with E-state index < -0.39 is 28.7 Å². The Morgan fingerprint density at radius 2 is 2.12 bits per heavy atom. The second-order valence-electron chi connectivity index (χ2n) is 6.11. The Morgan fingerprint density at radius 1 is 1.35 bits per heavy atom. The third kappa shape index (κ3) is 3.30. The third-order valence-electron chi connectivity index (χ3n) is 4.50. The highest BCUT2D eigenvalue weighted by atomic mass is 16.6. The van der Waals surface area contributed by atoms with Gasteiger partial charge < -0.3 is 14.7 Å². The van der Waals surface area contributed by atoms with E-state index >= 15 is 0 Å². The van der Waals surface area contributed by atoms with E-state index in [1.165, 1.54) is 23.1 Å². The van der Waals surface area contributed by atoms with Crippen LogP contribution in [0.5, 0.6) is 5.75 Å². The minimum atomic E-state index is -1.08. The van der Waals surface area contributed by atoms with E-state index in [9.17, 15) is 29.6 Å². The lowest BCUT2D eigenvalue weighted by Crippen LogP contribution is -2.53. The van der Waals surface area contributed by atoms with E-state index in [1.54, 1.807) is 0 Å². The molecule has 0 spiro atoms. The van der Waals surface area contributed by atoms with Crippen LogP contribution in [0.2, 0.25) is 0 Å². The number of likely N-dealkylation sites (tertiary alicyclic amines) is 1. The fourth-order valence-corrected chi connectivity index (χ4v) is 3.19. The number of amides is 2. The normalized spacial score (nSPS) is 19.5. The number of piperidine rings is 1. The summed E-state index contributed by atoms with van der Waals surface area (Å²) in [6, 6.07) is 2.87. The first kappa shape index (κ1) is 17.6. The molecule has 1 unspecified atom stereocenters. The SMILES string of the molecule is O=C(O)C1CCCCN1C(=O)CN1C(=O)COc2ccc([N+](=O)[O-])cc21. The van der Waals surface area contributed by atoms with Crippen LogP contribution in [0.15, 0.2) is 18.2 Å². The molecule has 138 valence electrons. The molecular formula is C16H17N3O7. The van der Waals surface area contributed by atoms with Gasteiger partial charge in [0.15, 0.2) is 6.61 Å². The first-order valence-electron chi connectivity index (χ1n) is 8.12. The highest BCUT2D eigenvalue weighted by Crippen LogP contribution is 2.35. The molecule has 0 aliphatic carbocycles. The van der Waals surface area contributed by atoms with Gasteiger partial charge in [-0.3, -0.25) is 24.6 Å². The Labute approximate surface area is 148 Å². The van der Waals surface area contributed by atoms with Gasteiger partial charge in [-0.15, -0.1) is 0 Å². The number of ether oxygens (including phenoxy) is 1. The second-order valence-corrected chi connectivity index (χ2v) is 6.11. The van der Waals surface area contributed by atoms with Crippen LogP contribution in [-0.4, -0.2) is 58.5 Å². The molecule has 1 aromatic rings. The number of hydrogen-bond donors (Lipinski definition) is 1. The van der Waals surface area contributed by atoms with Crippen LogP contribution < -0.4 is 9.64 Å². The number of nitro groups is 1. The van der Waals surface area contributed by atoms with E-state index in [4.69, 9.17) is 4.74 Å². The van der Waals surface area contributed by atoms with Crippen LogP contribution in [0, 0.1) is 10.1 Å². The van der Waals surface area contributed by atoms with Crippen LogP contribution in [0.1, 0.15) is 19.3 Å². The molecule has 26 heavy (non-hydrogen) atoms. The molecule has 0 bridgehead atoms. The summed E-state index contributed by atoms with van der Waals surface area (Å²) in [6.45, 7) is -0.378. The topological polar surface area (TPSA) is 130 Å². The van der Waals surface area contributed by atoms with Gasteiger partial charge in [-0.05, 0) is 25.3 Å². The average molecular weight is 363 g/mol. The van der Waals surface area contributed by atoms with Gasteiger partial charge in [0.1, 0.15) is 18.3 Å². The molecule has 0 aromatic heterocycles. The van der Waals surface area contributed by atoms with E-state index in [1.807, 2.05) is 0 Å². The lowest BCUT2D eigenvalue weighted by molar-refractivity contribution is -0.384. The summed E-state index contributed by atoms with van der Waals surface area (Å²) in [5, 5.41) is 20.3. The lowest BCUT2D eigenvalue weighted by Gasteiger charge is -2.35. The van der Waals surface area contributed by atoms with Gasteiger partial charge >= 0.3 is 5.97 Å². The van der Waals surface area contributed by atoms with Crippen molar-refractivity contribution in [3.63, 3.8) is 0 Å². The number of carboxylic acids is 1. The molecule has 1 aromatic carbocycles. The molecule has 2 amide bonds. The molecule has 3 rings (SSSR count). The number of benzene rings is 1. The second kappa shape index (κ2) is 6.98. The standard InChI is InChI=1S/C16H17N3O7/c20-14(17-6-2-1-3-11(17)16(22)23)8-18-12-7-10(19(24)25)4-5-13(12)26-9-15(18)21/h4-5,7,11H,1-3,6,8-9H2,(H,22,23). The maximum Gasteiger partial charge on any atom is 0.326 e. The maximum absolute atomic E-state index is 12.6. The molecule has 0 radical (unpaired) electrons. The summed E-state index contributed by atoms with van der Waals surface area (Å²) in [5.41, 5.74) is -0.103. The zero-order valence-corrected chi connectivity index (χ0v) is 13.8. The monoisotopic (exact) mass is 363 g/mol. The van der Waals surface area contributed by atoms with E-state index in [0.717, 1.165) is 4.90 Å². The molecule has 1 saturated heterocycles. The molecule has 10 heteroatoms. The van der Waals surface area contributed by atoms with Crippen LogP contribution in [-0.2, 0) is 14.4 Å². The zero-order valence-electron chi connectivity index (χ0n) is 13.8. The highest BCUT2D eigenvalue weighted by molar-refractivity contribution is 6.02. The molecule has 2 aliphatic heterocycles. The summed E-state index contributed by atoms with van der Waals surface area (Å²) >= 11 is 0. The Bertz CT molecular complexity index is 779. The molecule has 1 atom stereocenters. The Hall–Kier alpha value is -3.17. The van der Waals surface area contributed by atoms with Crippen LogP contribution in [0.3, 0.4) is 0 Å². The smallest absolute Gasteiger partial charge is 0.326 e. The molecule has 0 saturated carbocycles. The number of carbonyl (C=O) groups is 3. The van der Waals surface area contributed by atoms with Crippen molar-refractivity contribution in [3.8, 4) is 5.75 Å². The quantitative estimate of drug-likeness (QED) is 0.618. The number of anilines is 1. The van der Waals surface area contributed by atoms with Gasteiger partial charge in [0, 0.05) is 18.7 Å². The highest BCUT2D eigenvalue weighted by Gasteiger charge is 2.35. The summed E-state index contributed by atoms with van der Waals surface area (Å²) < 4.78 is 5.25. The fourth-order valence-electron chi connectivity index (χ4n) is 3.19. The van der Waals surface area contributed by atoms with Gasteiger partial charge in [-0.25, -0.2) is 4.79 Å². The number of fused-ring (bicyclic) bond motifs is 1. The van der Waals surface area contributed by atoms with Crippen molar-refractivity contribution in [2.24, 2.45) is 0 Å². The van der Waals surface area contributed by atoms with Crippen molar-refractivity contribution in [3.05, 3.63) is 28.3 Å². The van der Waals surface area contributed by atoms with Crippen LogP contribution in [0.4, 0.5) is 11.4 Å². The molecule has 1 N–H and O–H groups in total. The lowest BCUT2D eigenvalue weighted by atomic mass is 10.0. The maximum atomic E-state index is 12.6. The predicted molar refractivity (Wildman–Crippen MR) is 87.9 cm³/mol. The number of carboxylic acid groups (broad SMARTS) is 1. The first-order valence-corrected chi connectivity index (χ1v) is 8.12. The van der Waals surface area contributed by atoms with Gasteiger partial charge in [0.25, 0.3) is 11.6 Å². The van der Waals surface area contributed by atoms with E-state index in [2.05, 4.69) is 0 Å². The summed E-state index contributed by atoms with van der Waals surface area (Å²) in [4.78, 5) is 49.0. The predicted octanol–water partition coefficient (Wildman–Crippen LogP) is 0.786. The number of non-ortho nitro benzene ring substituents is 1. The molecular weight excluding hydrogens is 346 g/mol. The van der Waals surface area contributed by atoms with Gasteiger partial charge in [0.05, 0.1) is 10.6 Å². The summed E-state index contributed by atoms with van der Waals surface area (Å²) in [6.07, 6.45) is 1.76. The van der Waals surface area contributed by atoms with Crippen LogP contribution in [0.25, 0.3) is 0 Å². The van der Waals surface area contributed by atoms with Gasteiger partial charge in [-0.2, -0.15) is 0 Å². The summed E-state index contributed by atoms with van der Waals surface area (Å²) in [7, 11) is 0. The van der Waals surface area contributed by atoms with Gasteiger partial charge in [0.2, 0.25) is 5.91 Å². The zero-order chi connectivity index (χ0) is 18.8. The molecule has 10 nitrogen and oxygen atoms in total. The molecule has 2 heterocycles. The summed E-state index contributed by atoms with van der Waals surface area (Å²) in [5.74, 6) is -1.85. The van der Waals surface area contributed by atoms with Crippen LogP contribution >= 0.6 is 0 Å². The largest absolute Gasteiger partial charge is 0.482 e. The molecule has 1 fully saturated rings. The molecule has 2 aliphatic rings. The number of nitro benzene ring substituents is 1. The van der Waals surface area contributed by atoms with Gasteiger partial charge in [-0.1, -0.05) is 0 Å². The third-order valence-corrected chi connectivity index (χ3v) is 4.50. The van der Waals surface area contributed by atoms with Crippen molar-refractivity contribution >= 4 is 29.2 Å². The van der Waals surface area contributed by atoms with Crippen molar-refractivity contribution in [1.82, 2.24) is 4.90 Å². The average Bonchev–Trinajstić information content (AvgIpc) is 2.63. The van der Waals surface area contributed by atoms with E-state index in [-0.39, 0.29) is 30.3 Å². The van der Waals surface area contributed by atoms with E-state index in [0.29, 0.717) is 25.8 Å². The Balaban J connectivity index is 1.86. The fraction of sp³-hybridized carbons (Fsp3) is 0.438. The number of aliphatic carboxylic acids is 1. The minimum absolute atomic E-state index is 0.132. The number of rotatable bonds is 4. The number of nitrogens with zero attached hydrogens (tertiary/aromatic N) is 3. The number of hydrogen-bond acceptors (Lipinski definition) is 6. The Morgan fingerprint density at radius 3 is 2.81 bits per heavy atom. The number of carbonyl (C=O) groups excluding carboxylic acids is 2.